The normalized spacial score (nSPS) is 15.1. The molecule has 1 aliphatic rings. The Hall–Kier alpha value is -2.70. The first kappa shape index (κ1) is 16.2. The van der Waals surface area contributed by atoms with Crippen molar-refractivity contribution in [2.75, 3.05) is 0 Å². The molecule has 1 saturated carbocycles. The van der Waals surface area contributed by atoms with E-state index in [1.807, 2.05) is 31.2 Å². The zero-order valence-corrected chi connectivity index (χ0v) is 13.9. The first-order valence-corrected chi connectivity index (χ1v) is 7.95. The molecule has 0 spiro atoms. The number of rotatable bonds is 5. The second kappa shape index (κ2) is 6.07. The van der Waals surface area contributed by atoms with E-state index in [1.165, 1.54) is 11.8 Å². The standard InChI is InChI=1S/C17H20N4O3/c1-10-4-6-14(7-5-10)21-11(2)15(18-19-21)16(22)20(13-8-9-13)12(3)17(23)24/h4-7,12-13H,8-9H2,1-3H3,(H,23,24). The average molecular weight is 328 g/mol. The summed E-state index contributed by atoms with van der Waals surface area (Å²) in [6.07, 6.45) is 1.66. The van der Waals surface area contributed by atoms with Crippen LogP contribution in [-0.4, -0.2) is 49.0 Å². The lowest BCUT2D eigenvalue weighted by molar-refractivity contribution is -0.141. The van der Waals surface area contributed by atoms with Gasteiger partial charge >= 0.3 is 5.97 Å². The molecular weight excluding hydrogens is 308 g/mol. The van der Waals surface area contributed by atoms with E-state index in [-0.39, 0.29) is 17.6 Å². The highest BCUT2D eigenvalue weighted by atomic mass is 16.4. The smallest absolute Gasteiger partial charge is 0.326 e. The molecule has 24 heavy (non-hydrogen) atoms. The molecule has 1 fully saturated rings. The Bertz CT molecular complexity index is 778. The van der Waals surface area contributed by atoms with Gasteiger partial charge in [0.2, 0.25) is 0 Å². The first-order valence-electron chi connectivity index (χ1n) is 7.95. The predicted octanol–water partition coefficient (Wildman–Crippen LogP) is 1.96. The number of amides is 1. The fourth-order valence-electron chi connectivity index (χ4n) is 2.71. The molecule has 3 rings (SSSR count). The number of nitrogens with zero attached hydrogens (tertiary/aromatic N) is 4. The highest BCUT2D eigenvalue weighted by Gasteiger charge is 2.40. The maximum atomic E-state index is 12.8. The summed E-state index contributed by atoms with van der Waals surface area (Å²) in [5, 5.41) is 17.4. The van der Waals surface area contributed by atoms with E-state index in [1.54, 1.807) is 11.6 Å². The summed E-state index contributed by atoms with van der Waals surface area (Å²) in [5.41, 5.74) is 2.75. The minimum Gasteiger partial charge on any atom is -0.480 e. The molecule has 2 aromatic rings. The SMILES string of the molecule is Cc1ccc(-n2nnc(C(=O)N(C3CC3)C(C)C(=O)O)c2C)cc1. The first-order chi connectivity index (χ1) is 11.4. The van der Waals surface area contributed by atoms with E-state index in [9.17, 15) is 14.7 Å². The van der Waals surface area contributed by atoms with Gasteiger partial charge in [-0.2, -0.15) is 0 Å². The lowest BCUT2D eigenvalue weighted by Gasteiger charge is -2.25. The zero-order valence-electron chi connectivity index (χ0n) is 13.9. The third-order valence-electron chi connectivity index (χ3n) is 4.33. The molecule has 1 atom stereocenters. The molecule has 0 bridgehead atoms. The average Bonchev–Trinajstić information content (AvgIpc) is 3.30. The summed E-state index contributed by atoms with van der Waals surface area (Å²) in [7, 11) is 0. The molecule has 1 aromatic heterocycles. The van der Waals surface area contributed by atoms with Crippen LogP contribution >= 0.6 is 0 Å². The van der Waals surface area contributed by atoms with Crippen molar-refractivity contribution in [2.45, 2.75) is 45.7 Å². The van der Waals surface area contributed by atoms with Gasteiger partial charge < -0.3 is 10.0 Å². The Morgan fingerprint density at radius 3 is 2.42 bits per heavy atom. The van der Waals surface area contributed by atoms with Crippen molar-refractivity contribution >= 4 is 11.9 Å². The van der Waals surface area contributed by atoms with Crippen molar-refractivity contribution in [3.63, 3.8) is 0 Å². The molecule has 1 heterocycles. The van der Waals surface area contributed by atoms with Crippen LogP contribution in [0.1, 0.15) is 41.5 Å². The van der Waals surface area contributed by atoms with E-state index in [0.717, 1.165) is 24.1 Å². The number of carboxylic acids is 1. The lowest BCUT2D eigenvalue weighted by Crippen LogP contribution is -2.45. The summed E-state index contributed by atoms with van der Waals surface area (Å²) in [4.78, 5) is 25.6. The number of benzene rings is 1. The maximum Gasteiger partial charge on any atom is 0.326 e. The van der Waals surface area contributed by atoms with Crippen LogP contribution in [0.15, 0.2) is 24.3 Å². The summed E-state index contributed by atoms with van der Waals surface area (Å²) in [6, 6.07) is 6.83. The zero-order chi connectivity index (χ0) is 17.4. The Labute approximate surface area is 139 Å². The van der Waals surface area contributed by atoms with Gasteiger partial charge in [0, 0.05) is 6.04 Å². The molecule has 1 unspecified atom stereocenters. The van der Waals surface area contributed by atoms with Crippen LogP contribution in [0.2, 0.25) is 0 Å². The van der Waals surface area contributed by atoms with Crippen LogP contribution < -0.4 is 0 Å². The van der Waals surface area contributed by atoms with Crippen LogP contribution in [0.4, 0.5) is 0 Å². The van der Waals surface area contributed by atoms with Gasteiger partial charge in [0.25, 0.3) is 5.91 Å². The maximum absolute atomic E-state index is 12.8. The summed E-state index contributed by atoms with van der Waals surface area (Å²) in [6.45, 7) is 5.29. The topological polar surface area (TPSA) is 88.3 Å². The minimum atomic E-state index is -1.01. The molecule has 7 nitrogen and oxygen atoms in total. The Morgan fingerprint density at radius 1 is 1.25 bits per heavy atom. The van der Waals surface area contributed by atoms with E-state index in [2.05, 4.69) is 10.3 Å². The quantitative estimate of drug-likeness (QED) is 0.906. The van der Waals surface area contributed by atoms with Crippen molar-refractivity contribution in [1.29, 1.82) is 0 Å². The summed E-state index contributed by atoms with van der Waals surface area (Å²) >= 11 is 0. The van der Waals surface area contributed by atoms with E-state index in [0.29, 0.717) is 5.69 Å². The van der Waals surface area contributed by atoms with Gasteiger partial charge in [-0.1, -0.05) is 22.9 Å². The molecule has 0 aliphatic heterocycles. The summed E-state index contributed by atoms with van der Waals surface area (Å²) in [5.74, 6) is -1.39. The fraction of sp³-hybridized carbons (Fsp3) is 0.412. The van der Waals surface area contributed by atoms with Gasteiger partial charge in [-0.25, -0.2) is 9.48 Å². The lowest BCUT2D eigenvalue weighted by atomic mass is 10.2. The van der Waals surface area contributed by atoms with Crippen molar-refractivity contribution in [1.82, 2.24) is 19.9 Å². The molecule has 1 amide bonds. The molecule has 1 aliphatic carbocycles. The van der Waals surface area contributed by atoms with Crippen LogP contribution in [0, 0.1) is 13.8 Å². The van der Waals surface area contributed by atoms with Gasteiger partial charge in [-0.15, -0.1) is 5.10 Å². The minimum absolute atomic E-state index is 0.0208. The Morgan fingerprint density at radius 2 is 1.88 bits per heavy atom. The third kappa shape index (κ3) is 2.89. The van der Waals surface area contributed by atoms with Crippen LogP contribution in [0.3, 0.4) is 0 Å². The molecule has 7 heteroatoms. The number of aromatic nitrogens is 3. The molecule has 1 N–H and O–H groups in total. The summed E-state index contributed by atoms with van der Waals surface area (Å²) < 4.78 is 1.60. The van der Waals surface area contributed by atoms with Crippen LogP contribution in [0.25, 0.3) is 5.69 Å². The monoisotopic (exact) mass is 328 g/mol. The molecule has 126 valence electrons. The van der Waals surface area contributed by atoms with Gasteiger partial charge in [0.1, 0.15) is 6.04 Å². The number of hydrogen-bond acceptors (Lipinski definition) is 4. The van der Waals surface area contributed by atoms with Crippen molar-refractivity contribution in [3.8, 4) is 5.69 Å². The van der Waals surface area contributed by atoms with E-state index in [4.69, 9.17) is 0 Å². The Balaban J connectivity index is 1.93. The van der Waals surface area contributed by atoms with Crippen LogP contribution in [0.5, 0.6) is 0 Å². The van der Waals surface area contributed by atoms with Crippen LogP contribution in [-0.2, 0) is 4.79 Å². The molecular formula is C17H20N4O3. The van der Waals surface area contributed by atoms with E-state index < -0.39 is 12.0 Å². The molecule has 0 saturated heterocycles. The molecule has 1 aromatic carbocycles. The fourth-order valence-corrected chi connectivity index (χ4v) is 2.71. The van der Waals surface area contributed by atoms with Crippen molar-refractivity contribution in [2.24, 2.45) is 0 Å². The highest BCUT2D eigenvalue weighted by Crippen LogP contribution is 2.30. The largest absolute Gasteiger partial charge is 0.480 e. The number of aliphatic carboxylic acids is 1. The third-order valence-corrected chi connectivity index (χ3v) is 4.33. The number of hydrogen-bond donors (Lipinski definition) is 1. The predicted molar refractivity (Wildman–Crippen MR) is 87.1 cm³/mol. The van der Waals surface area contributed by atoms with Gasteiger partial charge in [-0.3, -0.25) is 4.79 Å². The second-order valence-electron chi connectivity index (χ2n) is 6.23. The number of carboxylic acid groups (broad SMARTS) is 1. The highest BCUT2D eigenvalue weighted by molar-refractivity contribution is 5.96. The Kier molecular flexibility index (Phi) is 4.09. The number of aryl methyl sites for hydroxylation is 1. The van der Waals surface area contributed by atoms with Crippen molar-refractivity contribution < 1.29 is 14.7 Å². The van der Waals surface area contributed by atoms with Gasteiger partial charge in [-0.05, 0) is 45.7 Å². The van der Waals surface area contributed by atoms with Gasteiger partial charge in [0.05, 0.1) is 11.4 Å². The second-order valence-corrected chi connectivity index (χ2v) is 6.23. The van der Waals surface area contributed by atoms with Crippen molar-refractivity contribution in [3.05, 3.63) is 41.2 Å². The number of carbonyl (C=O) groups is 2. The van der Waals surface area contributed by atoms with E-state index >= 15 is 0 Å². The molecule has 0 radical (unpaired) electrons. The number of carbonyl (C=O) groups excluding carboxylic acids is 1. The van der Waals surface area contributed by atoms with Gasteiger partial charge in [0.15, 0.2) is 5.69 Å².